The molecule has 2 amide bonds. The molecule has 2 rings (SSSR count). The molecule has 1 N–H and O–H groups in total. The Balaban J connectivity index is 1.99. The van der Waals surface area contributed by atoms with Crippen molar-refractivity contribution >= 4 is 11.8 Å². The molecule has 1 fully saturated rings. The van der Waals surface area contributed by atoms with Crippen LogP contribution in [-0.2, 0) is 4.79 Å². The van der Waals surface area contributed by atoms with Gasteiger partial charge in [-0.3, -0.25) is 9.59 Å². The number of rotatable bonds is 2. The fourth-order valence-electron chi connectivity index (χ4n) is 2.31. The van der Waals surface area contributed by atoms with Gasteiger partial charge in [0.2, 0.25) is 5.91 Å². The highest BCUT2D eigenvalue weighted by atomic mass is 16.2. The van der Waals surface area contributed by atoms with Crippen molar-refractivity contribution in [2.24, 2.45) is 0 Å². The van der Waals surface area contributed by atoms with E-state index in [1.54, 1.807) is 12.1 Å². The van der Waals surface area contributed by atoms with Gasteiger partial charge in [0, 0.05) is 24.1 Å². The van der Waals surface area contributed by atoms with Crippen molar-refractivity contribution in [2.45, 2.75) is 38.8 Å². The van der Waals surface area contributed by atoms with E-state index in [0.29, 0.717) is 18.5 Å². The lowest BCUT2D eigenvalue weighted by Crippen LogP contribution is -2.44. The van der Waals surface area contributed by atoms with Gasteiger partial charge in [0.15, 0.2) is 0 Å². The van der Waals surface area contributed by atoms with Gasteiger partial charge in [-0.15, -0.1) is 0 Å². The average molecular weight is 260 g/mol. The van der Waals surface area contributed by atoms with E-state index in [1.165, 1.54) is 0 Å². The minimum absolute atomic E-state index is 0.0977. The highest BCUT2D eigenvalue weighted by Crippen LogP contribution is 2.22. The summed E-state index contributed by atoms with van der Waals surface area (Å²) in [5.74, 6) is -0.0139. The molecule has 0 spiro atoms. The smallest absolute Gasteiger partial charge is 0.251 e. The highest BCUT2D eigenvalue weighted by Gasteiger charge is 2.36. The van der Waals surface area contributed by atoms with Crippen molar-refractivity contribution in [1.29, 1.82) is 0 Å². The SMILES string of the molecule is CC(C)(C)N1CC(NC(=O)c2ccccc2)CC1=O. The Morgan fingerprint density at radius 2 is 1.89 bits per heavy atom. The van der Waals surface area contributed by atoms with Gasteiger partial charge in [-0.2, -0.15) is 0 Å². The molecule has 0 radical (unpaired) electrons. The summed E-state index contributed by atoms with van der Waals surface area (Å²) < 4.78 is 0. The van der Waals surface area contributed by atoms with Gasteiger partial charge in [0.1, 0.15) is 0 Å². The highest BCUT2D eigenvalue weighted by molar-refractivity contribution is 5.95. The first kappa shape index (κ1) is 13.6. The van der Waals surface area contributed by atoms with E-state index in [1.807, 2.05) is 43.9 Å². The van der Waals surface area contributed by atoms with Crippen molar-refractivity contribution in [2.75, 3.05) is 6.54 Å². The van der Waals surface area contributed by atoms with Crippen LogP contribution in [0.1, 0.15) is 37.6 Å². The number of carbonyl (C=O) groups is 2. The minimum atomic E-state index is -0.191. The van der Waals surface area contributed by atoms with Crippen molar-refractivity contribution in [1.82, 2.24) is 10.2 Å². The Hall–Kier alpha value is -1.84. The summed E-state index contributed by atoms with van der Waals surface area (Å²) >= 11 is 0. The number of hydrogen-bond donors (Lipinski definition) is 1. The van der Waals surface area contributed by atoms with E-state index in [9.17, 15) is 9.59 Å². The second kappa shape index (κ2) is 5.03. The molecule has 0 aliphatic carbocycles. The molecule has 0 saturated carbocycles. The number of nitrogens with one attached hydrogen (secondary N) is 1. The molecule has 1 unspecified atom stereocenters. The molecule has 1 aliphatic heterocycles. The minimum Gasteiger partial charge on any atom is -0.347 e. The van der Waals surface area contributed by atoms with Crippen LogP contribution in [0.5, 0.6) is 0 Å². The summed E-state index contributed by atoms with van der Waals surface area (Å²) in [5, 5.41) is 2.93. The molecule has 1 heterocycles. The second-order valence-electron chi connectivity index (χ2n) is 5.92. The predicted octanol–water partition coefficient (Wildman–Crippen LogP) is 1.82. The Kier molecular flexibility index (Phi) is 3.60. The topological polar surface area (TPSA) is 49.4 Å². The monoisotopic (exact) mass is 260 g/mol. The lowest BCUT2D eigenvalue weighted by molar-refractivity contribution is -0.131. The van der Waals surface area contributed by atoms with Crippen LogP contribution in [0, 0.1) is 0 Å². The Morgan fingerprint density at radius 1 is 1.26 bits per heavy atom. The Bertz CT molecular complexity index is 477. The summed E-state index contributed by atoms with van der Waals surface area (Å²) in [5.41, 5.74) is 0.438. The first-order valence-electron chi connectivity index (χ1n) is 6.54. The van der Waals surface area contributed by atoms with E-state index in [4.69, 9.17) is 0 Å². The van der Waals surface area contributed by atoms with Gasteiger partial charge >= 0.3 is 0 Å². The summed E-state index contributed by atoms with van der Waals surface area (Å²) in [6.07, 6.45) is 0.385. The average Bonchev–Trinajstić information content (AvgIpc) is 2.71. The first-order chi connectivity index (χ1) is 8.88. The molecule has 19 heavy (non-hydrogen) atoms. The maximum Gasteiger partial charge on any atom is 0.251 e. The number of hydrogen-bond acceptors (Lipinski definition) is 2. The van der Waals surface area contributed by atoms with E-state index >= 15 is 0 Å². The molecule has 1 atom stereocenters. The Morgan fingerprint density at radius 3 is 2.42 bits per heavy atom. The molecular formula is C15H20N2O2. The molecule has 1 aliphatic rings. The van der Waals surface area contributed by atoms with Crippen LogP contribution in [0.2, 0.25) is 0 Å². The molecule has 1 aromatic carbocycles. The van der Waals surface area contributed by atoms with Gasteiger partial charge < -0.3 is 10.2 Å². The predicted molar refractivity (Wildman–Crippen MR) is 73.8 cm³/mol. The van der Waals surface area contributed by atoms with Crippen LogP contribution in [0.4, 0.5) is 0 Å². The number of carbonyl (C=O) groups excluding carboxylic acids is 2. The summed E-state index contributed by atoms with van der Waals surface area (Å²) in [4.78, 5) is 25.8. The van der Waals surface area contributed by atoms with E-state index in [0.717, 1.165) is 0 Å². The van der Waals surface area contributed by atoms with Crippen molar-refractivity contribution in [3.05, 3.63) is 35.9 Å². The lowest BCUT2D eigenvalue weighted by Gasteiger charge is -2.32. The quantitative estimate of drug-likeness (QED) is 0.881. The number of amides is 2. The van der Waals surface area contributed by atoms with Gasteiger partial charge in [-0.1, -0.05) is 18.2 Å². The van der Waals surface area contributed by atoms with E-state index in [2.05, 4.69) is 5.32 Å². The van der Waals surface area contributed by atoms with Crippen molar-refractivity contribution in [3.8, 4) is 0 Å². The van der Waals surface area contributed by atoms with Gasteiger partial charge in [-0.25, -0.2) is 0 Å². The summed E-state index contributed by atoms with van der Waals surface area (Å²) in [6.45, 7) is 6.60. The zero-order chi connectivity index (χ0) is 14.0. The molecule has 4 nitrogen and oxygen atoms in total. The molecule has 102 valence electrons. The molecule has 1 aromatic rings. The molecule has 0 aromatic heterocycles. The molecule has 1 saturated heterocycles. The lowest BCUT2D eigenvalue weighted by atomic mass is 10.1. The van der Waals surface area contributed by atoms with Gasteiger partial charge in [0.05, 0.1) is 6.04 Å². The molecule has 0 bridgehead atoms. The molecule has 4 heteroatoms. The number of benzene rings is 1. The maximum absolute atomic E-state index is 12.0. The van der Waals surface area contributed by atoms with Crippen LogP contribution in [0.15, 0.2) is 30.3 Å². The van der Waals surface area contributed by atoms with Crippen molar-refractivity contribution < 1.29 is 9.59 Å². The number of nitrogens with zero attached hydrogens (tertiary/aromatic N) is 1. The Labute approximate surface area is 113 Å². The second-order valence-corrected chi connectivity index (χ2v) is 5.92. The fourth-order valence-corrected chi connectivity index (χ4v) is 2.31. The largest absolute Gasteiger partial charge is 0.347 e. The van der Waals surface area contributed by atoms with E-state index < -0.39 is 0 Å². The summed E-state index contributed by atoms with van der Waals surface area (Å²) in [7, 11) is 0. The molecular weight excluding hydrogens is 240 g/mol. The zero-order valence-electron chi connectivity index (χ0n) is 11.6. The van der Waals surface area contributed by atoms with E-state index in [-0.39, 0.29) is 23.4 Å². The number of likely N-dealkylation sites (tertiary alicyclic amines) is 1. The summed E-state index contributed by atoms with van der Waals surface area (Å²) in [6, 6.07) is 8.98. The van der Waals surface area contributed by atoms with Gasteiger partial charge in [0.25, 0.3) is 5.91 Å². The standard InChI is InChI=1S/C15H20N2O2/c1-15(2,3)17-10-12(9-13(17)18)16-14(19)11-7-5-4-6-8-11/h4-8,12H,9-10H2,1-3H3,(H,16,19). The van der Waals surface area contributed by atoms with Crippen LogP contribution >= 0.6 is 0 Å². The van der Waals surface area contributed by atoms with Crippen molar-refractivity contribution in [3.63, 3.8) is 0 Å². The van der Waals surface area contributed by atoms with Crippen LogP contribution in [-0.4, -0.2) is 34.8 Å². The van der Waals surface area contributed by atoms with Crippen LogP contribution in [0.3, 0.4) is 0 Å². The van der Waals surface area contributed by atoms with Gasteiger partial charge in [-0.05, 0) is 32.9 Å². The van der Waals surface area contributed by atoms with Crippen LogP contribution < -0.4 is 5.32 Å². The fraction of sp³-hybridized carbons (Fsp3) is 0.467. The third kappa shape index (κ3) is 3.13. The third-order valence-electron chi connectivity index (χ3n) is 3.31. The first-order valence-corrected chi connectivity index (χ1v) is 6.54. The zero-order valence-corrected chi connectivity index (χ0v) is 11.6. The van der Waals surface area contributed by atoms with Crippen LogP contribution in [0.25, 0.3) is 0 Å². The third-order valence-corrected chi connectivity index (χ3v) is 3.31. The maximum atomic E-state index is 12.0. The normalized spacial score (nSPS) is 19.6.